The predicted molar refractivity (Wildman–Crippen MR) is 72.1 cm³/mol. The van der Waals surface area contributed by atoms with Crippen molar-refractivity contribution < 1.29 is 0 Å². The molecule has 4 aliphatic carbocycles. The van der Waals surface area contributed by atoms with Crippen LogP contribution >= 0.6 is 24.8 Å². The van der Waals surface area contributed by atoms with Crippen molar-refractivity contribution >= 4 is 24.8 Å². The first kappa shape index (κ1) is 14.6. The summed E-state index contributed by atoms with van der Waals surface area (Å²) in [6.07, 6.45) is 8.53. The third-order valence-corrected chi connectivity index (χ3v) is 4.24. The molecule has 0 bridgehead atoms. The van der Waals surface area contributed by atoms with Crippen LogP contribution in [-0.2, 0) is 0 Å². The maximum absolute atomic E-state index is 5.61. The summed E-state index contributed by atoms with van der Waals surface area (Å²) >= 11 is 0. The maximum atomic E-state index is 5.61. The highest BCUT2D eigenvalue weighted by Gasteiger charge is 2.45. The Bertz CT molecular complexity index is 205. The van der Waals surface area contributed by atoms with Gasteiger partial charge in [0.25, 0.3) is 0 Å². The molecule has 0 amide bonds. The molecule has 4 atom stereocenters. The molecule has 0 aromatic rings. The molecule has 0 aromatic carbocycles. The molecule has 2 nitrogen and oxygen atoms in total. The Kier molecular flexibility index (Phi) is 4.94. The zero-order valence-electron chi connectivity index (χ0n) is 9.68. The second-order valence-corrected chi connectivity index (χ2v) is 5.80. The Labute approximate surface area is 111 Å². The van der Waals surface area contributed by atoms with Crippen molar-refractivity contribution in [3.8, 4) is 0 Å². The fourth-order valence-electron chi connectivity index (χ4n) is 2.60. The number of nitrogens with two attached hydrogens (primary N) is 2. The van der Waals surface area contributed by atoms with Gasteiger partial charge in [-0.25, -0.2) is 0 Å². The molecular weight excluding hydrogens is 243 g/mol. The topological polar surface area (TPSA) is 52.0 Å². The fourth-order valence-corrected chi connectivity index (χ4v) is 2.60. The summed E-state index contributed by atoms with van der Waals surface area (Å²) in [4.78, 5) is 0. The van der Waals surface area contributed by atoms with Crippen LogP contribution in [0.25, 0.3) is 0 Å². The Morgan fingerprint density at radius 3 is 0.938 bits per heavy atom. The van der Waals surface area contributed by atoms with Gasteiger partial charge in [0.2, 0.25) is 0 Å². The number of halogens is 2. The molecule has 4 aliphatic rings. The average Bonchev–Trinajstić information content (AvgIpc) is 2.97. The van der Waals surface area contributed by atoms with E-state index < -0.39 is 0 Å². The van der Waals surface area contributed by atoms with Crippen molar-refractivity contribution in [3.63, 3.8) is 0 Å². The Hall–Kier alpha value is 0.500. The summed E-state index contributed by atoms with van der Waals surface area (Å²) in [5, 5.41) is 0. The lowest BCUT2D eigenvalue weighted by molar-refractivity contribution is 0.686. The van der Waals surface area contributed by atoms with Crippen LogP contribution in [0.2, 0.25) is 0 Å². The molecule has 96 valence electrons. The van der Waals surface area contributed by atoms with Gasteiger partial charge >= 0.3 is 0 Å². The van der Waals surface area contributed by atoms with Crippen LogP contribution in [0.1, 0.15) is 38.5 Å². The summed E-state index contributed by atoms with van der Waals surface area (Å²) in [7, 11) is 0. The minimum Gasteiger partial charge on any atom is -0.327 e. The van der Waals surface area contributed by atoms with E-state index in [-0.39, 0.29) is 24.8 Å². The molecule has 0 spiro atoms. The number of rotatable bonds is 2. The normalized spacial score (nSPS) is 43.1. The number of hydrogen-bond donors (Lipinski definition) is 2. The maximum Gasteiger partial charge on any atom is 0.00737 e. The number of hydrogen-bond acceptors (Lipinski definition) is 2. The van der Waals surface area contributed by atoms with Gasteiger partial charge in [-0.3, -0.25) is 0 Å². The smallest absolute Gasteiger partial charge is 0.00737 e. The highest BCUT2D eigenvalue weighted by molar-refractivity contribution is 5.85. The molecule has 4 fully saturated rings. The minimum atomic E-state index is 0. The SMILES string of the molecule is Cl.Cl.N[C@@H]1C[C@H]1C1CC1.N[C@H]1C[C@@H]1C1CC1. The molecular formula is C12H24Cl2N2. The molecule has 4 rings (SSSR count). The van der Waals surface area contributed by atoms with E-state index in [2.05, 4.69) is 0 Å². The van der Waals surface area contributed by atoms with Crippen molar-refractivity contribution in [1.82, 2.24) is 0 Å². The lowest BCUT2D eigenvalue weighted by Gasteiger charge is -1.83. The van der Waals surface area contributed by atoms with Gasteiger partial charge in [0, 0.05) is 12.1 Å². The Morgan fingerprint density at radius 1 is 0.625 bits per heavy atom. The lowest BCUT2D eigenvalue weighted by atomic mass is 10.3. The summed E-state index contributed by atoms with van der Waals surface area (Å²) < 4.78 is 0. The van der Waals surface area contributed by atoms with Gasteiger partial charge in [-0.1, -0.05) is 0 Å². The van der Waals surface area contributed by atoms with E-state index in [9.17, 15) is 0 Å². The molecule has 0 saturated heterocycles. The van der Waals surface area contributed by atoms with Crippen molar-refractivity contribution in [2.45, 2.75) is 50.6 Å². The largest absolute Gasteiger partial charge is 0.327 e. The summed E-state index contributed by atoms with van der Waals surface area (Å²) in [5.41, 5.74) is 11.2. The fraction of sp³-hybridized carbons (Fsp3) is 1.00. The third-order valence-electron chi connectivity index (χ3n) is 4.24. The first-order chi connectivity index (χ1) is 6.75. The first-order valence-electron chi connectivity index (χ1n) is 6.27. The summed E-state index contributed by atoms with van der Waals surface area (Å²) in [6, 6.07) is 1.21. The highest BCUT2D eigenvalue weighted by atomic mass is 35.5. The highest BCUT2D eigenvalue weighted by Crippen LogP contribution is 2.49. The zero-order chi connectivity index (χ0) is 9.71. The molecule has 16 heavy (non-hydrogen) atoms. The second-order valence-electron chi connectivity index (χ2n) is 5.80. The quantitative estimate of drug-likeness (QED) is 0.806. The van der Waals surface area contributed by atoms with Crippen LogP contribution in [0.15, 0.2) is 0 Å². The predicted octanol–water partition coefficient (Wildman–Crippen LogP) is 2.33. The molecule has 0 unspecified atom stereocenters. The van der Waals surface area contributed by atoms with Crippen molar-refractivity contribution in [2.24, 2.45) is 35.1 Å². The van der Waals surface area contributed by atoms with Crippen molar-refractivity contribution in [1.29, 1.82) is 0 Å². The monoisotopic (exact) mass is 266 g/mol. The van der Waals surface area contributed by atoms with E-state index in [1.54, 1.807) is 0 Å². The van der Waals surface area contributed by atoms with Gasteiger partial charge in [0.05, 0.1) is 0 Å². The molecule has 4 N–H and O–H groups in total. The van der Waals surface area contributed by atoms with Crippen LogP contribution in [0.3, 0.4) is 0 Å². The van der Waals surface area contributed by atoms with Gasteiger partial charge in [0.15, 0.2) is 0 Å². The third kappa shape index (κ3) is 3.76. The molecule has 0 aliphatic heterocycles. The standard InChI is InChI=1S/2C6H11N.2ClH/c2*7-6-3-5(6)4-1-2-4;;/h2*4-6H,1-3,7H2;2*1H/t2*5-,6+;;/m10../s1. The molecule has 4 heteroatoms. The van der Waals surface area contributed by atoms with Crippen LogP contribution in [-0.4, -0.2) is 12.1 Å². The second kappa shape index (κ2) is 5.43. The van der Waals surface area contributed by atoms with Crippen LogP contribution in [0.4, 0.5) is 0 Å². The van der Waals surface area contributed by atoms with Gasteiger partial charge in [-0.05, 0) is 62.2 Å². The molecule has 0 heterocycles. The van der Waals surface area contributed by atoms with E-state index in [1.807, 2.05) is 0 Å². The molecule has 0 aromatic heterocycles. The minimum absolute atomic E-state index is 0. The van der Waals surface area contributed by atoms with Crippen LogP contribution in [0, 0.1) is 23.7 Å². The van der Waals surface area contributed by atoms with E-state index in [4.69, 9.17) is 11.5 Å². The average molecular weight is 267 g/mol. The van der Waals surface area contributed by atoms with Crippen molar-refractivity contribution in [3.05, 3.63) is 0 Å². The van der Waals surface area contributed by atoms with Gasteiger partial charge in [-0.2, -0.15) is 0 Å². The van der Waals surface area contributed by atoms with Crippen molar-refractivity contribution in [2.75, 3.05) is 0 Å². The van der Waals surface area contributed by atoms with E-state index in [0.717, 1.165) is 23.7 Å². The lowest BCUT2D eigenvalue weighted by Crippen LogP contribution is -2.02. The Morgan fingerprint density at radius 2 is 0.875 bits per heavy atom. The Balaban J connectivity index is 0.000000142. The molecule has 4 saturated carbocycles. The first-order valence-corrected chi connectivity index (χ1v) is 6.27. The molecule has 0 radical (unpaired) electrons. The van der Waals surface area contributed by atoms with E-state index in [1.165, 1.54) is 38.5 Å². The van der Waals surface area contributed by atoms with Gasteiger partial charge < -0.3 is 11.5 Å². The summed E-state index contributed by atoms with van der Waals surface area (Å²) in [5.74, 6) is 4.05. The van der Waals surface area contributed by atoms with Gasteiger partial charge in [0.1, 0.15) is 0 Å². The zero-order valence-corrected chi connectivity index (χ0v) is 11.3. The van der Waals surface area contributed by atoms with Gasteiger partial charge in [-0.15, -0.1) is 24.8 Å². The summed E-state index contributed by atoms with van der Waals surface area (Å²) in [6.45, 7) is 0. The van der Waals surface area contributed by atoms with Crippen LogP contribution in [0.5, 0.6) is 0 Å². The van der Waals surface area contributed by atoms with E-state index in [0.29, 0.717) is 12.1 Å². The van der Waals surface area contributed by atoms with E-state index >= 15 is 0 Å². The van der Waals surface area contributed by atoms with Crippen LogP contribution < -0.4 is 11.5 Å².